The Hall–Kier alpha value is -1.56. The van der Waals surface area contributed by atoms with Crippen LogP contribution < -0.4 is 5.32 Å². The zero-order valence-electron chi connectivity index (χ0n) is 10.1. The lowest BCUT2D eigenvalue weighted by Gasteiger charge is -2.11. The number of anilines is 1. The second-order valence-corrected chi connectivity index (χ2v) is 4.99. The summed E-state index contributed by atoms with van der Waals surface area (Å²) in [5.41, 5.74) is -0.0815. The smallest absolute Gasteiger partial charge is 0.379 e. The molecule has 0 spiro atoms. The van der Waals surface area contributed by atoms with Crippen LogP contribution in [0.5, 0.6) is 0 Å². The molecular formula is C14H10BrF4N. The first kappa shape index (κ1) is 14.8. The summed E-state index contributed by atoms with van der Waals surface area (Å²) in [6.45, 7) is 0.309. The van der Waals surface area contributed by atoms with Gasteiger partial charge in [-0.15, -0.1) is 0 Å². The highest BCUT2D eigenvalue weighted by Gasteiger charge is 2.31. The van der Waals surface area contributed by atoms with E-state index in [1.165, 1.54) is 0 Å². The molecule has 1 nitrogen and oxygen atoms in total. The van der Waals surface area contributed by atoms with Crippen LogP contribution in [-0.4, -0.2) is 0 Å². The van der Waals surface area contributed by atoms with Crippen molar-refractivity contribution in [3.8, 4) is 0 Å². The van der Waals surface area contributed by atoms with E-state index in [0.29, 0.717) is 12.6 Å². The van der Waals surface area contributed by atoms with E-state index in [-0.39, 0.29) is 5.69 Å². The maximum absolute atomic E-state index is 13.6. The molecule has 2 rings (SSSR count). The van der Waals surface area contributed by atoms with Crippen LogP contribution in [0.2, 0.25) is 0 Å². The van der Waals surface area contributed by atoms with Gasteiger partial charge < -0.3 is 5.32 Å². The third kappa shape index (κ3) is 3.50. The molecule has 1 N–H and O–H groups in total. The maximum atomic E-state index is 13.6. The number of halogens is 5. The number of nitrogens with one attached hydrogen (secondary N) is 1. The van der Waals surface area contributed by atoms with Crippen LogP contribution >= 0.6 is 15.9 Å². The first-order valence-corrected chi connectivity index (χ1v) is 6.51. The summed E-state index contributed by atoms with van der Waals surface area (Å²) in [7, 11) is 0. The van der Waals surface area contributed by atoms with Crippen molar-refractivity contribution in [2.75, 3.05) is 5.32 Å². The molecule has 0 radical (unpaired) electrons. The van der Waals surface area contributed by atoms with Crippen molar-refractivity contribution >= 4 is 21.6 Å². The molecule has 0 bridgehead atoms. The van der Waals surface area contributed by atoms with E-state index in [9.17, 15) is 17.6 Å². The fraction of sp³-hybridized carbons (Fsp3) is 0.143. The molecule has 0 amide bonds. The van der Waals surface area contributed by atoms with Crippen LogP contribution in [-0.2, 0) is 12.7 Å². The highest BCUT2D eigenvalue weighted by Crippen LogP contribution is 2.31. The van der Waals surface area contributed by atoms with Crippen molar-refractivity contribution in [1.82, 2.24) is 0 Å². The van der Waals surface area contributed by atoms with Gasteiger partial charge in [0.2, 0.25) is 0 Å². The van der Waals surface area contributed by atoms with Crippen molar-refractivity contribution < 1.29 is 17.6 Å². The van der Waals surface area contributed by atoms with Gasteiger partial charge in [-0.25, -0.2) is 4.39 Å². The fourth-order valence-electron chi connectivity index (χ4n) is 1.67. The van der Waals surface area contributed by atoms with Gasteiger partial charge in [0.1, 0.15) is 5.82 Å². The molecule has 2 aromatic rings. The molecule has 20 heavy (non-hydrogen) atoms. The molecule has 0 atom stereocenters. The van der Waals surface area contributed by atoms with Crippen molar-refractivity contribution in [2.24, 2.45) is 0 Å². The predicted octanol–water partition coefficient (Wildman–Crippen LogP) is 5.22. The summed E-state index contributed by atoms with van der Waals surface area (Å²) in [4.78, 5) is 0. The zero-order valence-corrected chi connectivity index (χ0v) is 11.7. The van der Waals surface area contributed by atoms with Gasteiger partial charge in [-0.1, -0.05) is 34.1 Å². The molecule has 0 saturated heterocycles. The van der Waals surface area contributed by atoms with E-state index in [0.717, 1.165) is 22.2 Å². The topological polar surface area (TPSA) is 12.0 Å². The molecule has 2 aromatic carbocycles. The second kappa shape index (κ2) is 5.83. The van der Waals surface area contributed by atoms with Crippen LogP contribution in [0.25, 0.3) is 0 Å². The van der Waals surface area contributed by atoms with E-state index in [4.69, 9.17) is 0 Å². The van der Waals surface area contributed by atoms with Gasteiger partial charge in [-0.2, -0.15) is 13.2 Å². The minimum atomic E-state index is -4.54. The van der Waals surface area contributed by atoms with Gasteiger partial charge in [0.25, 0.3) is 0 Å². The lowest BCUT2D eigenvalue weighted by Crippen LogP contribution is -2.07. The van der Waals surface area contributed by atoms with Gasteiger partial charge >= 0.3 is 6.18 Å². The Bertz CT molecular complexity index is 610. The molecule has 0 heterocycles. The molecule has 0 fully saturated rings. The monoisotopic (exact) mass is 347 g/mol. The van der Waals surface area contributed by atoms with Gasteiger partial charge in [0.05, 0.1) is 11.3 Å². The molecular weight excluding hydrogens is 338 g/mol. The number of hydrogen-bond acceptors (Lipinski definition) is 1. The number of alkyl halides is 3. The predicted molar refractivity (Wildman–Crippen MR) is 72.9 cm³/mol. The molecule has 0 aliphatic carbocycles. The van der Waals surface area contributed by atoms with E-state index in [2.05, 4.69) is 21.2 Å². The SMILES string of the molecule is Fc1cc(C(F)(F)F)ccc1NCc1ccccc1Br. The Labute approximate surface area is 121 Å². The summed E-state index contributed by atoms with van der Waals surface area (Å²) in [6.07, 6.45) is -4.54. The summed E-state index contributed by atoms with van der Waals surface area (Å²) in [6, 6.07) is 9.76. The average Bonchev–Trinajstić information content (AvgIpc) is 2.38. The van der Waals surface area contributed by atoms with Gasteiger partial charge in [0.15, 0.2) is 0 Å². The molecule has 6 heteroatoms. The highest BCUT2D eigenvalue weighted by molar-refractivity contribution is 9.10. The first-order chi connectivity index (χ1) is 9.38. The summed E-state index contributed by atoms with van der Waals surface area (Å²) in [5.74, 6) is -0.924. The minimum Gasteiger partial charge on any atom is -0.379 e. The average molecular weight is 348 g/mol. The molecule has 106 valence electrons. The second-order valence-electron chi connectivity index (χ2n) is 4.14. The van der Waals surface area contributed by atoms with Crippen LogP contribution in [0, 0.1) is 5.82 Å². The van der Waals surface area contributed by atoms with E-state index in [1.54, 1.807) is 0 Å². The number of hydrogen-bond donors (Lipinski definition) is 1. The third-order valence-electron chi connectivity index (χ3n) is 2.72. The van der Waals surface area contributed by atoms with Crippen molar-refractivity contribution in [2.45, 2.75) is 12.7 Å². The van der Waals surface area contributed by atoms with E-state index in [1.807, 2.05) is 24.3 Å². The van der Waals surface area contributed by atoms with Gasteiger partial charge in [0, 0.05) is 11.0 Å². The van der Waals surface area contributed by atoms with Crippen LogP contribution in [0.3, 0.4) is 0 Å². The largest absolute Gasteiger partial charge is 0.416 e. The normalized spacial score (nSPS) is 11.4. The third-order valence-corrected chi connectivity index (χ3v) is 3.50. The van der Waals surface area contributed by atoms with E-state index < -0.39 is 17.6 Å². The molecule has 0 saturated carbocycles. The first-order valence-electron chi connectivity index (χ1n) is 5.72. The summed E-state index contributed by atoms with van der Waals surface area (Å²) >= 11 is 3.34. The fourth-order valence-corrected chi connectivity index (χ4v) is 2.09. The Morgan fingerprint density at radius 3 is 2.35 bits per heavy atom. The maximum Gasteiger partial charge on any atom is 0.416 e. The van der Waals surface area contributed by atoms with Gasteiger partial charge in [-0.05, 0) is 29.8 Å². The van der Waals surface area contributed by atoms with Crippen molar-refractivity contribution in [3.63, 3.8) is 0 Å². The molecule has 0 aromatic heterocycles. The van der Waals surface area contributed by atoms with Crippen molar-refractivity contribution in [1.29, 1.82) is 0 Å². The number of rotatable bonds is 3. The Kier molecular flexibility index (Phi) is 4.32. The Morgan fingerprint density at radius 2 is 1.75 bits per heavy atom. The van der Waals surface area contributed by atoms with E-state index >= 15 is 0 Å². The lowest BCUT2D eigenvalue weighted by molar-refractivity contribution is -0.137. The Balaban J connectivity index is 2.13. The zero-order chi connectivity index (χ0) is 14.8. The van der Waals surface area contributed by atoms with Gasteiger partial charge in [-0.3, -0.25) is 0 Å². The van der Waals surface area contributed by atoms with Crippen LogP contribution in [0.1, 0.15) is 11.1 Å². The quantitative estimate of drug-likeness (QED) is 0.750. The lowest BCUT2D eigenvalue weighted by atomic mass is 10.1. The highest BCUT2D eigenvalue weighted by atomic mass is 79.9. The minimum absolute atomic E-state index is 0.0359. The van der Waals surface area contributed by atoms with Crippen LogP contribution in [0.4, 0.5) is 23.2 Å². The summed E-state index contributed by atoms with van der Waals surface area (Å²) in [5, 5.41) is 2.78. The Morgan fingerprint density at radius 1 is 1.05 bits per heavy atom. The standard InChI is InChI=1S/C14H10BrF4N/c15-11-4-2-1-3-9(11)8-20-13-6-5-10(7-12(13)16)14(17,18)19/h1-7,20H,8H2. The molecule has 0 unspecified atom stereocenters. The van der Waals surface area contributed by atoms with Crippen LogP contribution in [0.15, 0.2) is 46.9 Å². The van der Waals surface area contributed by atoms with Crippen molar-refractivity contribution in [3.05, 3.63) is 63.9 Å². The molecule has 0 aliphatic rings. The summed E-state index contributed by atoms with van der Waals surface area (Å²) < 4.78 is 51.7. The number of benzene rings is 2. The molecule has 0 aliphatic heterocycles.